The van der Waals surface area contributed by atoms with Crippen LogP contribution in [-0.2, 0) is 12.0 Å². The van der Waals surface area contributed by atoms with Crippen LogP contribution in [0, 0.1) is 11.3 Å². The molecule has 22 heavy (non-hydrogen) atoms. The first-order valence-electron chi connectivity index (χ1n) is 7.15. The molecule has 0 unspecified atom stereocenters. The lowest BCUT2D eigenvalue weighted by atomic mass is 9.85. The average Bonchev–Trinajstić information content (AvgIpc) is 2.97. The van der Waals surface area contributed by atoms with Crippen LogP contribution in [0.5, 0.6) is 0 Å². The molecule has 0 radical (unpaired) electrons. The molecule has 110 valence electrons. The first-order chi connectivity index (χ1) is 10.5. The van der Waals surface area contributed by atoms with Crippen molar-refractivity contribution < 1.29 is 5.11 Å². The highest BCUT2D eigenvalue weighted by Gasteiger charge is 2.19. The summed E-state index contributed by atoms with van der Waals surface area (Å²) in [5.74, 6) is 0.568. The Hall–Kier alpha value is -2.64. The van der Waals surface area contributed by atoms with Crippen LogP contribution in [0.4, 0.5) is 0 Å². The topological polar surface area (TPSA) is 72.7 Å². The molecular weight excluding hydrogens is 274 g/mol. The Morgan fingerprint density at radius 3 is 2.45 bits per heavy atom. The zero-order valence-electron chi connectivity index (χ0n) is 12.6. The van der Waals surface area contributed by atoms with E-state index in [4.69, 9.17) is 5.11 Å². The van der Waals surface area contributed by atoms with Crippen molar-refractivity contribution in [1.29, 1.82) is 5.26 Å². The van der Waals surface area contributed by atoms with Gasteiger partial charge in [0.1, 0.15) is 12.4 Å². The van der Waals surface area contributed by atoms with Gasteiger partial charge in [-0.3, -0.25) is 0 Å². The van der Waals surface area contributed by atoms with E-state index in [9.17, 15) is 5.26 Å². The molecule has 3 aromatic rings. The Kier molecular flexibility index (Phi) is 3.44. The summed E-state index contributed by atoms with van der Waals surface area (Å²) in [6.45, 7) is 3.73. The molecular formula is C18H17N3O. The molecule has 1 heterocycles. The maximum Gasteiger partial charge on any atom is 0.133 e. The molecule has 0 spiro atoms. The number of nitrogens with one attached hydrogen (secondary N) is 1. The third-order valence-corrected chi connectivity index (χ3v) is 3.90. The smallest absolute Gasteiger partial charge is 0.133 e. The third-order valence-electron chi connectivity index (χ3n) is 3.90. The van der Waals surface area contributed by atoms with Crippen molar-refractivity contribution in [2.45, 2.75) is 25.9 Å². The Bertz CT molecular complexity index is 854. The van der Waals surface area contributed by atoms with Gasteiger partial charge in [0.2, 0.25) is 0 Å². The molecule has 3 rings (SSSR count). The van der Waals surface area contributed by atoms with Crippen molar-refractivity contribution in [2.24, 2.45) is 0 Å². The van der Waals surface area contributed by atoms with Crippen molar-refractivity contribution >= 4 is 11.0 Å². The SMILES string of the molecule is CC(C)(C#N)c1ccc(-c2ccc3nc(CO)[nH]c3c2)cc1. The lowest BCUT2D eigenvalue weighted by molar-refractivity contribution is 0.273. The van der Waals surface area contributed by atoms with Gasteiger partial charge in [0.05, 0.1) is 22.5 Å². The van der Waals surface area contributed by atoms with E-state index in [0.717, 1.165) is 27.7 Å². The highest BCUT2D eigenvalue weighted by atomic mass is 16.3. The van der Waals surface area contributed by atoms with E-state index in [2.05, 4.69) is 16.0 Å². The van der Waals surface area contributed by atoms with Crippen LogP contribution < -0.4 is 0 Å². The maximum atomic E-state index is 9.20. The van der Waals surface area contributed by atoms with Crippen LogP contribution in [0.25, 0.3) is 22.2 Å². The third kappa shape index (κ3) is 2.47. The lowest BCUT2D eigenvalue weighted by Crippen LogP contribution is -2.13. The molecule has 0 saturated heterocycles. The number of aromatic nitrogens is 2. The summed E-state index contributed by atoms with van der Waals surface area (Å²) in [5, 5.41) is 18.3. The van der Waals surface area contributed by atoms with E-state index >= 15 is 0 Å². The zero-order valence-corrected chi connectivity index (χ0v) is 12.6. The highest BCUT2D eigenvalue weighted by Crippen LogP contribution is 2.27. The van der Waals surface area contributed by atoms with Crippen LogP contribution in [-0.4, -0.2) is 15.1 Å². The largest absolute Gasteiger partial charge is 0.388 e. The van der Waals surface area contributed by atoms with Crippen molar-refractivity contribution in [2.75, 3.05) is 0 Å². The number of hydrogen-bond acceptors (Lipinski definition) is 3. The van der Waals surface area contributed by atoms with Gasteiger partial charge in [-0.15, -0.1) is 0 Å². The van der Waals surface area contributed by atoms with Gasteiger partial charge in [-0.25, -0.2) is 4.98 Å². The second kappa shape index (κ2) is 5.28. The molecule has 4 heteroatoms. The minimum absolute atomic E-state index is 0.0953. The maximum absolute atomic E-state index is 9.20. The molecule has 1 aromatic heterocycles. The molecule has 0 aliphatic carbocycles. The number of nitrogens with zero attached hydrogens (tertiary/aromatic N) is 2. The summed E-state index contributed by atoms with van der Waals surface area (Å²) in [6, 6.07) is 16.3. The van der Waals surface area contributed by atoms with E-state index < -0.39 is 5.41 Å². The summed E-state index contributed by atoms with van der Waals surface area (Å²) in [6.07, 6.45) is 0. The number of rotatable bonds is 3. The van der Waals surface area contributed by atoms with Gasteiger partial charge < -0.3 is 10.1 Å². The van der Waals surface area contributed by atoms with E-state index in [0.29, 0.717) is 5.82 Å². The zero-order chi connectivity index (χ0) is 15.7. The predicted octanol–water partition coefficient (Wildman–Crippen LogP) is 3.52. The molecule has 0 atom stereocenters. The van der Waals surface area contributed by atoms with Gasteiger partial charge in [0.15, 0.2) is 0 Å². The molecule has 2 N–H and O–H groups in total. The summed E-state index contributed by atoms with van der Waals surface area (Å²) >= 11 is 0. The average molecular weight is 291 g/mol. The number of H-pyrrole nitrogens is 1. The standard InChI is InChI=1S/C18H17N3O/c1-18(2,11-19)14-6-3-12(4-7-14)13-5-8-15-16(9-13)21-17(10-22)20-15/h3-9,22H,10H2,1-2H3,(H,20,21). The van der Waals surface area contributed by atoms with Gasteiger partial charge in [-0.05, 0) is 42.7 Å². The van der Waals surface area contributed by atoms with Gasteiger partial charge >= 0.3 is 0 Å². The van der Waals surface area contributed by atoms with Crippen molar-refractivity contribution in [3.63, 3.8) is 0 Å². The summed E-state index contributed by atoms with van der Waals surface area (Å²) in [4.78, 5) is 7.38. The van der Waals surface area contributed by atoms with E-state index in [1.54, 1.807) is 0 Å². The van der Waals surface area contributed by atoms with Crippen LogP contribution >= 0.6 is 0 Å². The quantitative estimate of drug-likeness (QED) is 0.775. The fraction of sp³-hybridized carbons (Fsp3) is 0.222. The number of nitriles is 1. The van der Waals surface area contributed by atoms with E-state index in [-0.39, 0.29) is 6.61 Å². The second-order valence-electron chi connectivity index (χ2n) is 5.89. The van der Waals surface area contributed by atoms with Gasteiger partial charge in [0.25, 0.3) is 0 Å². The minimum Gasteiger partial charge on any atom is -0.388 e. The minimum atomic E-state index is -0.484. The Labute approximate surface area is 129 Å². The van der Waals surface area contributed by atoms with Gasteiger partial charge in [0, 0.05) is 0 Å². The summed E-state index contributed by atoms with van der Waals surface area (Å²) in [5.41, 5.74) is 4.42. The number of fused-ring (bicyclic) bond motifs is 1. The van der Waals surface area contributed by atoms with Crippen molar-refractivity contribution in [3.05, 3.63) is 53.9 Å². The molecule has 0 saturated carbocycles. The number of imidazole rings is 1. The molecule has 2 aromatic carbocycles. The molecule has 4 nitrogen and oxygen atoms in total. The number of aliphatic hydroxyl groups is 1. The van der Waals surface area contributed by atoms with Crippen LogP contribution in [0.2, 0.25) is 0 Å². The number of aliphatic hydroxyl groups excluding tert-OH is 1. The predicted molar refractivity (Wildman–Crippen MR) is 86.1 cm³/mol. The Morgan fingerprint density at radius 2 is 1.82 bits per heavy atom. The van der Waals surface area contributed by atoms with E-state index in [1.165, 1.54) is 0 Å². The second-order valence-corrected chi connectivity index (χ2v) is 5.89. The van der Waals surface area contributed by atoms with Crippen LogP contribution in [0.1, 0.15) is 25.2 Å². The summed E-state index contributed by atoms with van der Waals surface area (Å²) in [7, 11) is 0. The molecule has 0 fully saturated rings. The Balaban J connectivity index is 1.99. The first kappa shape index (κ1) is 14.3. The highest BCUT2D eigenvalue weighted by molar-refractivity contribution is 5.82. The first-order valence-corrected chi connectivity index (χ1v) is 7.15. The number of benzene rings is 2. The van der Waals surface area contributed by atoms with Gasteiger partial charge in [-0.1, -0.05) is 30.3 Å². The summed E-state index contributed by atoms with van der Waals surface area (Å²) < 4.78 is 0. The van der Waals surface area contributed by atoms with Crippen molar-refractivity contribution in [3.8, 4) is 17.2 Å². The monoisotopic (exact) mass is 291 g/mol. The number of aromatic amines is 1. The van der Waals surface area contributed by atoms with Crippen LogP contribution in [0.15, 0.2) is 42.5 Å². The molecule has 0 amide bonds. The number of hydrogen-bond donors (Lipinski definition) is 2. The lowest BCUT2D eigenvalue weighted by Gasteiger charge is -2.16. The molecule has 0 bridgehead atoms. The Morgan fingerprint density at radius 1 is 1.14 bits per heavy atom. The fourth-order valence-corrected chi connectivity index (χ4v) is 2.46. The van der Waals surface area contributed by atoms with Gasteiger partial charge in [-0.2, -0.15) is 5.26 Å². The normalized spacial score (nSPS) is 11.5. The molecule has 0 aliphatic heterocycles. The van der Waals surface area contributed by atoms with Crippen molar-refractivity contribution in [1.82, 2.24) is 9.97 Å². The molecule has 0 aliphatic rings. The van der Waals surface area contributed by atoms with E-state index in [1.807, 2.05) is 56.3 Å². The van der Waals surface area contributed by atoms with Crippen LogP contribution in [0.3, 0.4) is 0 Å². The fourth-order valence-electron chi connectivity index (χ4n) is 2.46.